The van der Waals surface area contributed by atoms with Crippen LogP contribution >= 0.6 is 0 Å². The normalized spacial score (nSPS) is 10.0. The highest BCUT2D eigenvalue weighted by Crippen LogP contribution is 2.03. The molecular formula is C8H14N4O. The van der Waals surface area contributed by atoms with Gasteiger partial charge in [0, 0.05) is 19.7 Å². The molecule has 0 aliphatic rings. The van der Waals surface area contributed by atoms with Gasteiger partial charge in [0.1, 0.15) is 11.5 Å². The number of nitrogens with two attached hydrogens (primary N) is 1. The first-order chi connectivity index (χ1) is 6.15. The molecule has 0 fully saturated rings. The van der Waals surface area contributed by atoms with Gasteiger partial charge in [0.25, 0.3) is 5.91 Å². The standard InChI is InChI=1S/C8H14N4O/c1-3-4-12(2)8(13)6-5-7(9)11-10-6/h5H,3-4H2,1-2H3,(H3,9,10,11). The van der Waals surface area contributed by atoms with E-state index in [2.05, 4.69) is 10.2 Å². The van der Waals surface area contributed by atoms with Crippen molar-refractivity contribution in [2.45, 2.75) is 13.3 Å². The highest BCUT2D eigenvalue weighted by Gasteiger charge is 2.12. The van der Waals surface area contributed by atoms with Gasteiger partial charge in [-0.1, -0.05) is 6.92 Å². The second-order valence-corrected chi connectivity index (χ2v) is 2.93. The number of anilines is 1. The lowest BCUT2D eigenvalue weighted by Gasteiger charge is -2.14. The Morgan fingerprint density at radius 3 is 2.92 bits per heavy atom. The Hall–Kier alpha value is -1.52. The summed E-state index contributed by atoms with van der Waals surface area (Å²) in [5, 5.41) is 6.26. The van der Waals surface area contributed by atoms with Gasteiger partial charge in [0.2, 0.25) is 0 Å². The maximum Gasteiger partial charge on any atom is 0.271 e. The van der Waals surface area contributed by atoms with Crippen LogP contribution in [0.25, 0.3) is 0 Å². The molecule has 0 unspecified atom stereocenters. The molecule has 0 aromatic carbocycles. The third kappa shape index (κ3) is 2.21. The Morgan fingerprint density at radius 1 is 1.77 bits per heavy atom. The summed E-state index contributed by atoms with van der Waals surface area (Å²) in [5.41, 5.74) is 5.82. The SMILES string of the molecule is CCCN(C)C(=O)c1cc(N)n[nH]1. The Kier molecular flexibility index (Phi) is 2.89. The number of H-pyrrole nitrogens is 1. The summed E-state index contributed by atoms with van der Waals surface area (Å²) in [6.07, 6.45) is 0.936. The summed E-state index contributed by atoms with van der Waals surface area (Å²) in [4.78, 5) is 13.2. The zero-order chi connectivity index (χ0) is 9.84. The largest absolute Gasteiger partial charge is 0.382 e. The molecule has 0 saturated heterocycles. The lowest BCUT2D eigenvalue weighted by atomic mass is 10.3. The molecule has 0 bridgehead atoms. The van der Waals surface area contributed by atoms with Crippen molar-refractivity contribution in [3.05, 3.63) is 11.8 Å². The highest BCUT2D eigenvalue weighted by molar-refractivity contribution is 5.92. The van der Waals surface area contributed by atoms with E-state index in [1.54, 1.807) is 11.9 Å². The average molecular weight is 182 g/mol. The molecular weight excluding hydrogens is 168 g/mol. The van der Waals surface area contributed by atoms with Gasteiger partial charge in [-0.15, -0.1) is 0 Å². The topological polar surface area (TPSA) is 75.0 Å². The molecule has 1 aromatic heterocycles. The summed E-state index contributed by atoms with van der Waals surface area (Å²) in [5.74, 6) is 0.263. The van der Waals surface area contributed by atoms with Gasteiger partial charge in [0.05, 0.1) is 0 Å². The monoisotopic (exact) mass is 182 g/mol. The predicted octanol–water partition coefficient (Wildman–Crippen LogP) is 0.474. The number of rotatable bonds is 3. The van der Waals surface area contributed by atoms with E-state index in [1.165, 1.54) is 6.07 Å². The number of amides is 1. The van der Waals surface area contributed by atoms with Crippen LogP contribution in [-0.4, -0.2) is 34.6 Å². The van der Waals surface area contributed by atoms with Crippen molar-refractivity contribution in [2.75, 3.05) is 19.3 Å². The number of aromatic nitrogens is 2. The fraction of sp³-hybridized carbons (Fsp3) is 0.500. The van der Waals surface area contributed by atoms with E-state index in [9.17, 15) is 4.79 Å². The Balaban J connectivity index is 2.67. The van der Waals surface area contributed by atoms with Crippen LogP contribution < -0.4 is 5.73 Å². The minimum absolute atomic E-state index is 0.0777. The van der Waals surface area contributed by atoms with Gasteiger partial charge in [-0.25, -0.2) is 0 Å². The van der Waals surface area contributed by atoms with E-state index in [0.29, 0.717) is 11.5 Å². The molecule has 0 aliphatic heterocycles. The van der Waals surface area contributed by atoms with Gasteiger partial charge in [-0.05, 0) is 6.42 Å². The van der Waals surface area contributed by atoms with Gasteiger partial charge in [-0.2, -0.15) is 5.10 Å². The van der Waals surface area contributed by atoms with Gasteiger partial charge in [-0.3, -0.25) is 9.89 Å². The summed E-state index contributed by atoms with van der Waals surface area (Å²) in [6, 6.07) is 1.54. The lowest BCUT2D eigenvalue weighted by Crippen LogP contribution is -2.27. The molecule has 72 valence electrons. The molecule has 5 heteroatoms. The summed E-state index contributed by atoms with van der Waals surface area (Å²) >= 11 is 0. The number of nitrogens with one attached hydrogen (secondary N) is 1. The first kappa shape index (κ1) is 9.57. The second kappa shape index (κ2) is 3.93. The van der Waals surface area contributed by atoms with Gasteiger partial charge in [0.15, 0.2) is 0 Å². The number of nitrogens with zero attached hydrogens (tertiary/aromatic N) is 2. The minimum atomic E-state index is -0.0777. The van der Waals surface area contributed by atoms with E-state index >= 15 is 0 Å². The molecule has 5 nitrogen and oxygen atoms in total. The van der Waals surface area contributed by atoms with E-state index in [4.69, 9.17) is 5.73 Å². The first-order valence-corrected chi connectivity index (χ1v) is 4.21. The number of carbonyl (C=O) groups excluding carboxylic acids is 1. The van der Waals surface area contributed by atoms with Crippen molar-refractivity contribution < 1.29 is 4.79 Å². The van der Waals surface area contributed by atoms with Crippen LogP contribution in [0.2, 0.25) is 0 Å². The third-order valence-corrected chi connectivity index (χ3v) is 1.73. The quantitative estimate of drug-likeness (QED) is 0.713. The van der Waals surface area contributed by atoms with Crippen LogP contribution in [0.3, 0.4) is 0 Å². The number of hydrogen-bond donors (Lipinski definition) is 2. The highest BCUT2D eigenvalue weighted by atomic mass is 16.2. The van der Waals surface area contributed by atoms with Crippen LogP contribution in [0.15, 0.2) is 6.07 Å². The number of carbonyl (C=O) groups is 1. The molecule has 3 N–H and O–H groups in total. The maximum atomic E-state index is 11.5. The van der Waals surface area contributed by atoms with Gasteiger partial charge < -0.3 is 10.6 Å². The van der Waals surface area contributed by atoms with E-state index < -0.39 is 0 Å². The van der Waals surface area contributed by atoms with Crippen molar-refractivity contribution in [1.82, 2.24) is 15.1 Å². The molecule has 0 atom stereocenters. The van der Waals surface area contributed by atoms with Crippen LogP contribution in [0.4, 0.5) is 5.82 Å². The molecule has 1 rings (SSSR count). The van der Waals surface area contributed by atoms with Crippen LogP contribution in [-0.2, 0) is 0 Å². The summed E-state index contributed by atoms with van der Waals surface area (Å²) in [7, 11) is 1.75. The summed E-state index contributed by atoms with van der Waals surface area (Å²) in [6.45, 7) is 2.75. The van der Waals surface area contributed by atoms with Crippen molar-refractivity contribution in [1.29, 1.82) is 0 Å². The van der Waals surface area contributed by atoms with Crippen LogP contribution in [0, 0.1) is 0 Å². The zero-order valence-electron chi connectivity index (χ0n) is 7.87. The zero-order valence-corrected chi connectivity index (χ0v) is 7.87. The fourth-order valence-electron chi connectivity index (χ4n) is 1.09. The average Bonchev–Trinajstić information content (AvgIpc) is 2.51. The Labute approximate surface area is 76.9 Å². The number of hydrogen-bond acceptors (Lipinski definition) is 3. The molecule has 13 heavy (non-hydrogen) atoms. The molecule has 0 spiro atoms. The maximum absolute atomic E-state index is 11.5. The van der Waals surface area contributed by atoms with Crippen molar-refractivity contribution in [3.8, 4) is 0 Å². The van der Waals surface area contributed by atoms with Gasteiger partial charge >= 0.3 is 0 Å². The Morgan fingerprint density at radius 2 is 2.46 bits per heavy atom. The smallest absolute Gasteiger partial charge is 0.271 e. The predicted molar refractivity (Wildman–Crippen MR) is 50.3 cm³/mol. The van der Waals surface area contributed by atoms with Crippen LogP contribution in [0.1, 0.15) is 23.8 Å². The minimum Gasteiger partial charge on any atom is -0.382 e. The second-order valence-electron chi connectivity index (χ2n) is 2.93. The lowest BCUT2D eigenvalue weighted by molar-refractivity contribution is 0.0789. The molecule has 1 amide bonds. The van der Waals surface area contributed by atoms with Crippen LogP contribution in [0.5, 0.6) is 0 Å². The van der Waals surface area contributed by atoms with E-state index in [1.807, 2.05) is 6.92 Å². The number of nitrogen functional groups attached to an aromatic ring is 1. The van der Waals surface area contributed by atoms with Crippen molar-refractivity contribution in [3.63, 3.8) is 0 Å². The molecule has 1 aromatic rings. The molecule has 1 heterocycles. The third-order valence-electron chi connectivity index (χ3n) is 1.73. The Bertz CT molecular complexity index is 294. The first-order valence-electron chi connectivity index (χ1n) is 4.21. The van der Waals surface area contributed by atoms with E-state index in [0.717, 1.165) is 13.0 Å². The van der Waals surface area contributed by atoms with Crippen molar-refractivity contribution in [2.24, 2.45) is 0 Å². The molecule has 0 saturated carbocycles. The summed E-state index contributed by atoms with van der Waals surface area (Å²) < 4.78 is 0. The number of aromatic amines is 1. The fourth-order valence-corrected chi connectivity index (χ4v) is 1.09. The van der Waals surface area contributed by atoms with Crippen molar-refractivity contribution >= 4 is 11.7 Å². The molecule has 0 radical (unpaired) electrons. The molecule has 0 aliphatic carbocycles. The van der Waals surface area contributed by atoms with E-state index in [-0.39, 0.29) is 5.91 Å².